The van der Waals surface area contributed by atoms with E-state index < -0.39 is 10.9 Å². The number of aliphatic carboxylic acids is 1. The summed E-state index contributed by atoms with van der Waals surface area (Å²) in [5.74, 6) is -1.11. The second-order valence-electron chi connectivity index (χ2n) is 4.57. The van der Waals surface area contributed by atoms with Gasteiger partial charge in [0.1, 0.15) is 0 Å². The van der Waals surface area contributed by atoms with Gasteiger partial charge in [0.05, 0.1) is 15.3 Å². The van der Waals surface area contributed by atoms with Crippen molar-refractivity contribution >= 4 is 27.6 Å². The first-order valence-electron chi connectivity index (χ1n) is 5.86. The number of carboxylic acids is 1. The lowest BCUT2D eigenvalue weighted by Gasteiger charge is -2.16. The zero-order valence-corrected chi connectivity index (χ0v) is 11.7. The first kappa shape index (κ1) is 14.0. The maximum absolute atomic E-state index is 10.9. The summed E-state index contributed by atoms with van der Waals surface area (Å²) in [6.45, 7) is 1.71. The number of rotatable bonds is 4. The minimum absolute atomic E-state index is 0.0338. The molecule has 1 heterocycles. The molecule has 0 spiro atoms. The molecule has 2 rings (SSSR count). The van der Waals surface area contributed by atoms with E-state index in [1.54, 1.807) is 6.07 Å². The Balaban J connectivity index is 2.10. The van der Waals surface area contributed by atoms with Crippen LogP contribution in [0.5, 0.6) is 0 Å². The Kier molecular flexibility index (Phi) is 4.16. The minimum atomic E-state index is -0.777. The van der Waals surface area contributed by atoms with E-state index in [0.29, 0.717) is 30.5 Å². The van der Waals surface area contributed by atoms with Gasteiger partial charge in [-0.2, -0.15) is 0 Å². The summed E-state index contributed by atoms with van der Waals surface area (Å²) in [6, 6.07) is 4.89. The highest BCUT2D eigenvalue weighted by atomic mass is 79.9. The molecule has 19 heavy (non-hydrogen) atoms. The third-order valence-corrected chi connectivity index (χ3v) is 4.19. The Bertz CT molecular complexity index is 520. The molecule has 0 saturated carbocycles. The van der Waals surface area contributed by atoms with E-state index in [1.807, 2.05) is 11.0 Å². The number of likely N-dealkylation sites (tertiary alicyclic amines) is 1. The molecule has 0 aliphatic carbocycles. The van der Waals surface area contributed by atoms with Crippen LogP contribution in [0.25, 0.3) is 0 Å². The summed E-state index contributed by atoms with van der Waals surface area (Å²) >= 11 is 3.25. The molecule has 7 heteroatoms. The standard InChI is InChI=1S/C12H13BrN2O4/c13-11-8(2-1-3-10(11)15(18)19)6-14-5-4-9(7-14)12(16)17/h1-3,9H,4-7H2,(H,16,17). The molecule has 0 aromatic heterocycles. The predicted octanol–water partition coefficient (Wildman–Crippen LogP) is 2.26. The zero-order valence-electron chi connectivity index (χ0n) is 10.1. The van der Waals surface area contributed by atoms with Gasteiger partial charge in [-0.25, -0.2) is 0 Å². The van der Waals surface area contributed by atoms with Crippen LogP contribution in [0.3, 0.4) is 0 Å². The molecule has 0 radical (unpaired) electrons. The average molecular weight is 329 g/mol. The summed E-state index contributed by atoms with van der Waals surface area (Å²) in [4.78, 5) is 23.3. The quantitative estimate of drug-likeness (QED) is 0.677. The first-order chi connectivity index (χ1) is 8.99. The van der Waals surface area contributed by atoms with Crippen LogP contribution in [0, 0.1) is 16.0 Å². The normalized spacial score (nSPS) is 19.5. The van der Waals surface area contributed by atoms with Crippen molar-refractivity contribution in [2.75, 3.05) is 13.1 Å². The smallest absolute Gasteiger partial charge is 0.307 e. The van der Waals surface area contributed by atoms with E-state index in [0.717, 1.165) is 5.56 Å². The maximum Gasteiger partial charge on any atom is 0.307 e. The molecule has 1 N–H and O–H groups in total. The molecular weight excluding hydrogens is 316 g/mol. The maximum atomic E-state index is 10.9. The summed E-state index contributed by atoms with van der Waals surface area (Å²) < 4.78 is 0.471. The molecule has 1 fully saturated rings. The highest BCUT2D eigenvalue weighted by Crippen LogP contribution is 2.30. The van der Waals surface area contributed by atoms with Gasteiger partial charge in [-0.3, -0.25) is 19.8 Å². The summed E-state index contributed by atoms with van der Waals surface area (Å²) in [6.07, 6.45) is 0.627. The lowest BCUT2D eigenvalue weighted by molar-refractivity contribution is -0.385. The second-order valence-corrected chi connectivity index (χ2v) is 5.36. The van der Waals surface area contributed by atoms with Crippen molar-refractivity contribution in [3.05, 3.63) is 38.3 Å². The van der Waals surface area contributed by atoms with Crippen molar-refractivity contribution in [3.63, 3.8) is 0 Å². The molecular formula is C12H13BrN2O4. The summed E-state index contributed by atoms with van der Waals surface area (Å²) in [7, 11) is 0. The van der Waals surface area contributed by atoms with Crippen molar-refractivity contribution < 1.29 is 14.8 Å². The Morgan fingerprint density at radius 3 is 2.89 bits per heavy atom. The highest BCUT2D eigenvalue weighted by molar-refractivity contribution is 9.10. The number of hydrogen-bond donors (Lipinski definition) is 1. The molecule has 1 aromatic rings. The third-order valence-electron chi connectivity index (χ3n) is 3.27. The number of hydrogen-bond acceptors (Lipinski definition) is 4. The van der Waals surface area contributed by atoms with E-state index in [4.69, 9.17) is 5.11 Å². The van der Waals surface area contributed by atoms with Gasteiger partial charge in [-0.05, 0) is 34.5 Å². The van der Waals surface area contributed by atoms with Gasteiger partial charge in [0, 0.05) is 19.2 Å². The van der Waals surface area contributed by atoms with Crippen molar-refractivity contribution in [3.8, 4) is 0 Å². The number of carboxylic acid groups (broad SMARTS) is 1. The van der Waals surface area contributed by atoms with Gasteiger partial charge in [0.15, 0.2) is 0 Å². The first-order valence-corrected chi connectivity index (χ1v) is 6.65. The van der Waals surface area contributed by atoms with Crippen molar-refractivity contribution in [2.24, 2.45) is 5.92 Å². The predicted molar refractivity (Wildman–Crippen MR) is 71.8 cm³/mol. The van der Waals surface area contributed by atoms with Crippen LogP contribution in [0.4, 0.5) is 5.69 Å². The van der Waals surface area contributed by atoms with Crippen LogP contribution in [-0.2, 0) is 11.3 Å². The fourth-order valence-electron chi connectivity index (χ4n) is 2.25. The number of nitro benzene ring substituents is 1. The molecule has 0 bridgehead atoms. The number of carbonyl (C=O) groups is 1. The Labute approximate surface area is 118 Å². The Morgan fingerprint density at radius 2 is 2.32 bits per heavy atom. The van der Waals surface area contributed by atoms with Gasteiger partial charge < -0.3 is 5.11 Å². The van der Waals surface area contributed by atoms with Crippen LogP contribution >= 0.6 is 15.9 Å². The van der Waals surface area contributed by atoms with Gasteiger partial charge in [0.25, 0.3) is 5.69 Å². The Morgan fingerprint density at radius 1 is 1.58 bits per heavy atom. The number of halogens is 1. The van der Waals surface area contributed by atoms with Crippen LogP contribution < -0.4 is 0 Å². The second kappa shape index (κ2) is 5.66. The lowest BCUT2D eigenvalue weighted by atomic mass is 10.1. The number of nitrogens with zero attached hydrogens (tertiary/aromatic N) is 2. The molecule has 1 unspecified atom stereocenters. The van der Waals surface area contributed by atoms with Crippen LogP contribution in [0.15, 0.2) is 22.7 Å². The topological polar surface area (TPSA) is 83.7 Å². The Hall–Kier alpha value is -1.47. The van der Waals surface area contributed by atoms with Gasteiger partial charge in [0.2, 0.25) is 0 Å². The van der Waals surface area contributed by atoms with Gasteiger partial charge in [-0.1, -0.05) is 12.1 Å². The molecule has 0 amide bonds. The lowest BCUT2D eigenvalue weighted by Crippen LogP contribution is -2.23. The van der Waals surface area contributed by atoms with Gasteiger partial charge >= 0.3 is 5.97 Å². The molecule has 1 atom stereocenters. The monoisotopic (exact) mass is 328 g/mol. The molecule has 1 aromatic carbocycles. The van der Waals surface area contributed by atoms with Gasteiger partial charge in [-0.15, -0.1) is 0 Å². The van der Waals surface area contributed by atoms with E-state index in [2.05, 4.69) is 15.9 Å². The molecule has 102 valence electrons. The molecule has 6 nitrogen and oxygen atoms in total. The van der Waals surface area contributed by atoms with E-state index in [9.17, 15) is 14.9 Å². The number of benzene rings is 1. The van der Waals surface area contributed by atoms with E-state index in [1.165, 1.54) is 6.07 Å². The van der Waals surface area contributed by atoms with Crippen LogP contribution in [0.2, 0.25) is 0 Å². The van der Waals surface area contributed by atoms with Crippen molar-refractivity contribution in [2.45, 2.75) is 13.0 Å². The molecule has 1 aliphatic rings. The molecule has 1 saturated heterocycles. The van der Waals surface area contributed by atoms with Crippen molar-refractivity contribution in [1.29, 1.82) is 0 Å². The summed E-state index contributed by atoms with van der Waals surface area (Å²) in [5, 5.41) is 19.8. The zero-order chi connectivity index (χ0) is 14.0. The largest absolute Gasteiger partial charge is 0.481 e. The van der Waals surface area contributed by atoms with E-state index >= 15 is 0 Å². The van der Waals surface area contributed by atoms with Crippen LogP contribution in [-0.4, -0.2) is 34.0 Å². The SMILES string of the molecule is O=C(O)C1CCN(Cc2cccc([N+](=O)[O-])c2Br)C1. The number of nitro groups is 1. The average Bonchev–Trinajstić information content (AvgIpc) is 2.80. The fourth-order valence-corrected chi connectivity index (χ4v) is 2.78. The third kappa shape index (κ3) is 3.10. The fraction of sp³-hybridized carbons (Fsp3) is 0.417. The van der Waals surface area contributed by atoms with Crippen molar-refractivity contribution in [1.82, 2.24) is 4.90 Å². The highest BCUT2D eigenvalue weighted by Gasteiger charge is 2.28. The van der Waals surface area contributed by atoms with Crippen LogP contribution in [0.1, 0.15) is 12.0 Å². The minimum Gasteiger partial charge on any atom is -0.481 e. The summed E-state index contributed by atoms with van der Waals surface area (Å²) in [5.41, 5.74) is 0.840. The molecule has 1 aliphatic heterocycles. The van der Waals surface area contributed by atoms with E-state index in [-0.39, 0.29) is 11.6 Å².